The first kappa shape index (κ1) is 17.1. The van der Waals surface area contributed by atoms with Crippen LogP contribution >= 0.6 is 22.9 Å². The van der Waals surface area contributed by atoms with Gasteiger partial charge in [0.1, 0.15) is 5.01 Å². The van der Waals surface area contributed by atoms with Crippen LogP contribution in [0.15, 0.2) is 36.4 Å². The highest BCUT2D eigenvalue weighted by Gasteiger charge is 2.21. The molecule has 0 unspecified atom stereocenters. The molecule has 0 fully saturated rings. The Balaban J connectivity index is 1.56. The van der Waals surface area contributed by atoms with Crippen LogP contribution in [-0.4, -0.2) is 36.1 Å². The number of fused-ring (bicyclic) bond motifs is 2. The highest BCUT2D eigenvalue weighted by atomic mass is 35.5. The van der Waals surface area contributed by atoms with Gasteiger partial charge in [-0.1, -0.05) is 23.7 Å². The average molecular weight is 389 g/mol. The predicted octanol–water partition coefficient (Wildman–Crippen LogP) is 4.38. The molecule has 7 heteroatoms. The smallest absolute Gasteiger partial charge is 0.254 e. The third-order valence-corrected chi connectivity index (χ3v) is 5.41. The molecular weight excluding hydrogens is 372 g/mol. The second kappa shape index (κ2) is 7.13. The topological polar surface area (TPSA) is 51.7 Å². The van der Waals surface area contributed by atoms with Gasteiger partial charge in [-0.25, -0.2) is 4.98 Å². The fourth-order valence-corrected chi connectivity index (χ4v) is 4.12. The van der Waals surface area contributed by atoms with Gasteiger partial charge in [-0.05, 0) is 24.3 Å². The van der Waals surface area contributed by atoms with Gasteiger partial charge in [0, 0.05) is 19.0 Å². The van der Waals surface area contributed by atoms with E-state index in [9.17, 15) is 4.79 Å². The first-order valence-electron chi connectivity index (χ1n) is 8.31. The summed E-state index contributed by atoms with van der Waals surface area (Å²) in [4.78, 5) is 19.1. The highest BCUT2D eigenvalue weighted by Crippen LogP contribution is 2.38. The lowest BCUT2D eigenvalue weighted by Crippen LogP contribution is -2.26. The summed E-state index contributed by atoms with van der Waals surface area (Å²) >= 11 is 7.89. The molecule has 26 heavy (non-hydrogen) atoms. The van der Waals surface area contributed by atoms with Crippen LogP contribution < -0.4 is 9.47 Å². The van der Waals surface area contributed by atoms with Crippen molar-refractivity contribution in [3.63, 3.8) is 0 Å². The van der Waals surface area contributed by atoms with Crippen molar-refractivity contribution in [3.05, 3.63) is 52.0 Å². The monoisotopic (exact) mass is 388 g/mol. The van der Waals surface area contributed by atoms with E-state index < -0.39 is 0 Å². The van der Waals surface area contributed by atoms with Crippen molar-refractivity contribution >= 4 is 39.1 Å². The van der Waals surface area contributed by atoms with Crippen LogP contribution in [0.4, 0.5) is 0 Å². The van der Waals surface area contributed by atoms with Crippen molar-refractivity contribution in [2.45, 2.75) is 13.0 Å². The molecule has 134 valence electrons. The molecule has 1 amide bonds. The molecule has 2 heterocycles. The van der Waals surface area contributed by atoms with Crippen molar-refractivity contribution in [3.8, 4) is 11.5 Å². The Labute approximate surface area is 160 Å². The minimum absolute atomic E-state index is 0.137. The maximum atomic E-state index is 12.8. The predicted molar refractivity (Wildman–Crippen MR) is 102 cm³/mol. The summed E-state index contributed by atoms with van der Waals surface area (Å²) in [6.45, 7) is 1.53. The SMILES string of the molecule is CN(Cc1nc2ccccc2s1)C(=O)c1cc(Cl)c2c(c1)OCCCO2. The van der Waals surface area contributed by atoms with Crippen molar-refractivity contribution < 1.29 is 14.3 Å². The number of para-hydroxylation sites is 1. The number of halogens is 1. The summed E-state index contributed by atoms with van der Waals surface area (Å²) in [7, 11) is 1.76. The number of hydrogen-bond donors (Lipinski definition) is 0. The van der Waals surface area contributed by atoms with E-state index >= 15 is 0 Å². The summed E-state index contributed by atoms with van der Waals surface area (Å²) in [6.07, 6.45) is 0.784. The summed E-state index contributed by atoms with van der Waals surface area (Å²) in [5.41, 5.74) is 1.43. The Morgan fingerprint density at radius 1 is 1.27 bits per heavy atom. The quantitative estimate of drug-likeness (QED) is 0.668. The van der Waals surface area contributed by atoms with Gasteiger partial charge in [0.25, 0.3) is 5.91 Å². The number of aromatic nitrogens is 1. The second-order valence-electron chi connectivity index (χ2n) is 6.07. The first-order valence-corrected chi connectivity index (χ1v) is 9.50. The molecule has 0 saturated heterocycles. The number of carbonyl (C=O) groups is 1. The summed E-state index contributed by atoms with van der Waals surface area (Å²) in [5, 5.41) is 1.28. The maximum Gasteiger partial charge on any atom is 0.254 e. The largest absolute Gasteiger partial charge is 0.489 e. The fraction of sp³-hybridized carbons (Fsp3) is 0.263. The molecular formula is C19H17ClN2O3S. The van der Waals surface area contributed by atoms with Crippen LogP contribution in [0.3, 0.4) is 0 Å². The molecule has 1 aliphatic heterocycles. The minimum Gasteiger partial charge on any atom is -0.489 e. The van der Waals surface area contributed by atoms with E-state index in [0.29, 0.717) is 41.8 Å². The van der Waals surface area contributed by atoms with Gasteiger partial charge in [0.15, 0.2) is 11.5 Å². The normalized spacial score (nSPS) is 13.5. The van der Waals surface area contributed by atoms with Gasteiger partial charge in [-0.3, -0.25) is 4.79 Å². The van der Waals surface area contributed by atoms with E-state index in [1.807, 2.05) is 24.3 Å². The molecule has 0 radical (unpaired) electrons. The Morgan fingerprint density at radius 3 is 2.92 bits per heavy atom. The zero-order chi connectivity index (χ0) is 18.1. The number of ether oxygens (including phenoxy) is 2. The zero-order valence-electron chi connectivity index (χ0n) is 14.2. The summed E-state index contributed by atoms with van der Waals surface area (Å²) in [5.74, 6) is 0.892. The Hall–Kier alpha value is -2.31. The molecule has 2 aromatic carbocycles. The zero-order valence-corrected chi connectivity index (χ0v) is 15.8. The highest BCUT2D eigenvalue weighted by molar-refractivity contribution is 7.18. The lowest BCUT2D eigenvalue weighted by Gasteiger charge is -2.17. The van der Waals surface area contributed by atoms with Crippen LogP contribution in [0.25, 0.3) is 10.2 Å². The van der Waals surface area contributed by atoms with E-state index in [1.165, 1.54) is 0 Å². The van der Waals surface area contributed by atoms with Crippen LogP contribution in [0, 0.1) is 0 Å². The molecule has 0 atom stereocenters. The van der Waals surface area contributed by atoms with Crippen molar-refractivity contribution in [1.82, 2.24) is 9.88 Å². The Bertz CT molecular complexity index is 940. The van der Waals surface area contributed by atoms with E-state index in [2.05, 4.69) is 4.98 Å². The lowest BCUT2D eigenvalue weighted by molar-refractivity contribution is 0.0784. The average Bonchev–Trinajstić information content (AvgIpc) is 2.88. The molecule has 4 rings (SSSR count). The molecule has 5 nitrogen and oxygen atoms in total. The van der Waals surface area contributed by atoms with Crippen molar-refractivity contribution in [1.29, 1.82) is 0 Å². The number of rotatable bonds is 3. The van der Waals surface area contributed by atoms with Crippen molar-refractivity contribution in [2.24, 2.45) is 0 Å². The number of amides is 1. The van der Waals surface area contributed by atoms with E-state index in [0.717, 1.165) is 21.6 Å². The van der Waals surface area contributed by atoms with Gasteiger partial charge in [-0.2, -0.15) is 0 Å². The first-order chi connectivity index (χ1) is 12.6. The standard InChI is InChI=1S/C19H17ClN2O3S/c1-22(11-17-21-14-5-2-3-6-16(14)26-17)19(23)12-9-13(20)18-15(10-12)24-7-4-8-25-18/h2-3,5-6,9-10H,4,7-8,11H2,1H3. The number of hydrogen-bond acceptors (Lipinski definition) is 5. The Kier molecular flexibility index (Phi) is 4.70. The van der Waals surface area contributed by atoms with Gasteiger partial charge in [-0.15, -0.1) is 11.3 Å². The number of nitrogens with zero attached hydrogens (tertiary/aromatic N) is 2. The Morgan fingerprint density at radius 2 is 2.08 bits per heavy atom. The molecule has 0 bridgehead atoms. The van der Waals surface area contributed by atoms with Crippen LogP contribution in [0.1, 0.15) is 21.8 Å². The lowest BCUT2D eigenvalue weighted by atomic mass is 10.1. The van der Waals surface area contributed by atoms with Crippen LogP contribution in [0.2, 0.25) is 5.02 Å². The van der Waals surface area contributed by atoms with Gasteiger partial charge >= 0.3 is 0 Å². The molecule has 0 saturated carbocycles. The fourth-order valence-electron chi connectivity index (χ4n) is 2.84. The molecule has 0 spiro atoms. The van der Waals surface area contributed by atoms with Crippen LogP contribution in [0.5, 0.6) is 11.5 Å². The number of carbonyl (C=O) groups excluding carboxylic acids is 1. The molecule has 0 aliphatic carbocycles. The van der Waals surface area contributed by atoms with E-state index in [1.54, 1.807) is 35.4 Å². The van der Waals surface area contributed by atoms with Gasteiger partial charge in [0.2, 0.25) is 0 Å². The minimum atomic E-state index is -0.137. The summed E-state index contributed by atoms with van der Waals surface area (Å²) < 4.78 is 12.4. The second-order valence-corrected chi connectivity index (χ2v) is 7.59. The molecule has 1 aromatic heterocycles. The van der Waals surface area contributed by atoms with Gasteiger partial charge < -0.3 is 14.4 Å². The molecule has 3 aromatic rings. The van der Waals surface area contributed by atoms with Crippen molar-refractivity contribution in [2.75, 3.05) is 20.3 Å². The van der Waals surface area contributed by atoms with E-state index in [-0.39, 0.29) is 5.91 Å². The third kappa shape index (κ3) is 3.34. The molecule has 0 N–H and O–H groups in total. The maximum absolute atomic E-state index is 12.8. The molecule has 1 aliphatic rings. The number of thiazole rings is 1. The van der Waals surface area contributed by atoms with Crippen LogP contribution in [-0.2, 0) is 6.54 Å². The van der Waals surface area contributed by atoms with E-state index in [4.69, 9.17) is 21.1 Å². The number of benzene rings is 2. The third-order valence-electron chi connectivity index (χ3n) is 4.11. The summed E-state index contributed by atoms with van der Waals surface area (Å²) in [6, 6.07) is 11.3. The van der Waals surface area contributed by atoms with Gasteiger partial charge in [0.05, 0.1) is 35.0 Å².